The minimum atomic E-state index is -0.184. The highest BCUT2D eigenvalue weighted by Gasteiger charge is 2.00. The number of esters is 1. The summed E-state index contributed by atoms with van der Waals surface area (Å²) in [7, 11) is 0. The fourth-order valence-electron chi connectivity index (χ4n) is 0.719. The molecule has 0 amide bonds. The van der Waals surface area contributed by atoms with E-state index in [0.717, 1.165) is 0 Å². The number of carbonyl (C=O) groups is 1. The molecule has 76 valence electrons. The molecule has 0 aliphatic heterocycles. The minimum Gasteiger partial charge on any atom is -0.466 e. The highest BCUT2D eigenvalue weighted by Crippen LogP contribution is 1.90. The minimum absolute atomic E-state index is 0.184. The lowest BCUT2D eigenvalue weighted by Gasteiger charge is -2.05. The molecule has 0 saturated heterocycles. The van der Waals surface area contributed by atoms with E-state index in [1.807, 2.05) is 0 Å². The lowest BCUT2D eigenvalue weighted by molar-refractivity contribution is -0.143. The number of thiocarbonyl (C=S) groups is 1. The van der Waals surface area contributed by atoms with Gasteiger partial charge in [0.15, 0.2) is 5.11 Å². The maximum absolute atomic E-state index is 10.8. The molecule has 0 bridgehead atoms. The molecule has 0 rings (SSSR count). The summed E-state index contributed by atoms with van der Waals surface area (Å²) in [5, 5.41) is 3.20. The molecule has 0 saturated carbocycles. The summed E-state index contributed by atoms with van der Waals surface area (Å²) in [6.45, 7) is 2.82. The Morgan fingerprint density at radius 2 is 2.31 bits per heavy atom. The fourth-order valence-corrected chi connectivity index (χ4v) is 0.821. The summed E-state index contributed by atoms with van der Waals surface area (Å²) in [4.78, 5) is 10.8. The molecule has 6 heteroatoms. The van der Waals surface area contributed by atoms with Crippen LogP contribution in [0.1, 0.15) is 19.8 Å². The van der Waals surface area contributed by atoms with Crippen molar-refractivity contribution in [2.24, 2.45) is 5.84 Å². The maximum Gasteiger partial charge on any atom is 0.305 e. The molecule has 0 aliphatic rings. The van der Waals surface area contributed by atoms with Gasteiger partial charge in [-0.3, -0.25) is 4.79 Å². The molecule has 0 fully saturated rings. The molecule has 0 aromatic rings. The second-order valence-corrected chi connectivity index (χ2v) is 2.72. The first-order valence-corrected chi connectivity index (χ1v) is 4.51. The molecular formula is C7H15N3O2S. The molecule has 0 heterocycles. The van der Waals surface area contributed by atoms with Crippen LogP contribution in [-0.2, 0) is 9.53 Å². The highest BCUT2D eigenvalue weighted by molar-refractivity contribution is 7.80. The Bertz CT molecular complexity index is 175. The van der Waals surface area contributed by atoms with E-state index in [1.165, 1.54) is 0 Å². The van der Waals surface area contributed by atoms with Gasteiger partial charge in [0.05, 0.1) is 6.61 Å². The highest BCUT2D eigenvalue weighted by atomic mass is 32.1. The van der Waals surface area contributed by atoms with Gasteiger partial charge in [0, 0.05) is 13.0 Å². The van der Waals surface area contributed by atoms with Crippen LogP contribution in [0.15, 0.2) is 0 Å². The molecule has 0 aromatic heterocycles. The van der Waals surface area contributed by atoms with E-state index in [1.54, 1.807) is 6.92 Å². The van der Waals surface area contributed by atoms with Crippen LogP contribution >= 0.6 is 12.2 Å². The molecule has 4 N–H and O–H groups in total. The quantitative estimate of drug-likeness (QED) is 0.187. The molecular weight excluding hydrogens is 190 g/mol. The van der Waals surface area contributed by atoms with E-state index in [4.69, 9.17) is 22.8 Å². The predicted octanol–water partition coefficient (Wildman–Crippen LogP) is -0.332. The lowest BCUT2D eigenvalue weighted by atomic mass is 10.3. The van der Waals surface area contributed by atoms with Crippen LogP contribution in [0.2, 0.25) is 0 Å². The number of hydrogen-bond acceptors (Lipinski definition) is 4. The molecule has 0 spiro atoms. The van der Waals surface area contributed by atoms with E-state index in [0.29, 0.717) is 31.1 Å². The molecule has 5 nitrogen and oxygen atoms in total. The third-order valence-electron chi connectivity index (χ3n) is 1.28. The normalized spacial score (nSPS) is 9.08. The zero-order valence-electron chi connectivity index (χ0n) is 7.63. The number of nitrogens with one attached hydrogen (secondary N) is 2. The standard InChI is InChI=1S/C7H15N3O2S/c1-2-12-6(11)4-3-5-9-7(13)10-8/h2-5,8H2,1H3,(H2,9,10,13). The van der Waals surface area contributed by atoms with Gasteiger partial charge in [-0.05, 0) is 25.6 Å². The Morgan fingerprint density at radius 3 is 2.85 bits per heavy atom. The second kappa shape index (κ2) is 7.75. The summed E-state index contributed by atoms with van der Waals surface area (Å²) in [5.74, 6) is 4.83. The van der Waals surface area contributed by atoms with Crippen molar-refractivity contribution in [3.8, 4) is 0 Å². The summed E-state index contributed by atoms with van der Waals surface area (Å²) in [5.41, 5.74) is 2.28. The monoisotopic (exact) mass is 205 g/mol. The Labute approximate surface area is 83.0 Å². The van der Waals surface area contributed by atoms with Gasteiger partial charge in [0.25, 0.3) is 0 Å². The summed E-state index contributed by atoms with van der Waals surface area (Å²) in [6, 6.07) is 0. The number of ether oxygens (including phenoxy) is 1. The number of nitrogens with two attached hydrogens (primary N) is 1. The first kappa shape index (κ1) is 12.1. The average Bonchev–Trinajstić information content (AvgIpc) is 2.12. The number of rotatable bonds is 5. The average molecular weight is 205 g/mol. The van der Waals surface area contributed by atoms with Crippen molar-refractivity contribution in [1.82, 2.24) is 10.7 Å². The van der Waals surface area contributed by atoms with Crippen LogP contribution < -0.4 is 16.6 Å². The Hall–Kier alpha value is -0.880. The molecule has 0 unspecified atom stereocenters. The summed E-state index contributed by atoms with van der Waals surface area (Å²) in [6.07, 6.45) is 1.08. The van der Waals surface area contributed by atoms with Gasteiger partial charge in [-0.25, -0.2) is 5.84 Å². The van der Waals surface area contributed by atoms with E-state index in [2.05, 4.69) is 10.7 Å². The topological polar surface area (TPSA) is 76.4 Å². The summed E-state index contributed by atoms with van der Waals surface area (Å²) >= 11 is 4.72. The Balaban J connectivity index is 3.25. The Kier molecular flexibility index (Phi) is 7.23. The number of carbonyl (C=O) groups excluding carboxylic acids is 1. The van der Waals surface area contributed by atoms with Gasteiger partial charge in [0.1, 0.15) is 0 Å². The zero-order chi connectivity index (χ0) is 10.1. The van der Waals surface area contributed by atoms with Crippen molar-refractivity contribution in [1.29, 1.82) is 0 Å². The van der Waals surface area contributed by atoms with Crippen molar-refractivity contribution in [3.63, 3.8) is 0 Å². The van der Waals surface area contributed by atoms with Crippen molar-refractivity contribution in [2.75, 3.05) is 13.2 Å². The molecule has 13 heavy (non-hydrogen) atoms. The first-order chi connectivity index (χ1) is 6.20. The van der Waals surface area contributed by atoms with Crippen LogP contribution in [0.5, 0.6) is 0 Å². The SMILES string of the molecule is CCOC(=O)CCCNC(=S)NN. The van der Waals surface area contributed by atoms with Crippen LogP contribution in [0.25, 0.3) is 0 Å². The van der Waals surface area contributed by atoms with Crippen molar-refractivity contribution in [3.05, 3.63) is 0 Å². The van der Waals surface area contributed by atoms with E-state index in [-0.39, 0.29) is 5.97 Å². The van der Waals surface area contributed by atoms with Gasteiger partial charge < -0.3 is 15.5 Å². The van der Waals surface area contributed by atoms with Gasteiger partial charge in [0.2, 0.25) is 0 Å². The lowest BCUT2D eigenvalue weighted by Crippen LogP contribution is -2.40. The van der Waals surface area contributed by atoms with Crippen molar-refractivity contribution in [2.45, 2.75) is 19.8 Å². The van der Waals surface area contributed by atoms with Gasteiger partial charge in [-0.2, -0.15) is 0 Å². The van der Waals surface area contributed by atoms with E-state index in [9.17, 15) is 4.79 Å². The Morgan fingerprint density at radius 1 is 1.62 bits per heavy atom. The van der Waals surface area contributed by atoms with Crippen molar-refractivity contribution < 1.29 is 9.53 Å². The molecule has 0 radical (unpaired) electrons. The number of hydrazine groups is 1. The predicted molar refractivity (Wildman–Crippen MR) is 53.8 cm³/mol. The van der Waals surface area contributed by atoms with Crippen LogP contribution in [-0.4, -0.2) is 24.2 Å². The van der Waals surface area contributed by atoms with Gasteiger partial charge in [-0.15, -0.1) is 0 Å². The van der Waals surface area contributed by atoms with E-state index < -0.39 is 0 Å². The maximum atomic E-state index is 10.8. The molecule has 0 atom stereocenters. The smallest absolute Gasteiger partial charge is 0.305 e. The largest absolute Gasteiger partial charge is 0.466 e. The number of hydrogen-bond donors (Lipinski definition) is 3. The van der Waals surface area contributed by atoms with Crippen LogP contribution in [0, 0.1) is 0 Å². The van der Waals surface area contributed by atoms with Gasteiger partial charge >= 0.3 is 5.97 Å². The fraction of sp³-hybridized carbons (Fsp3) is 0.714. The molecule has 0 aliphatic carbocycles. The summed E-state index contributed by atoms with van der Waals surface area (Å²) < 4.78 is 4.74. The van der Waals surface area contributed by atoms with Crippen molar-refractivity contribution >= 4 is 23.3 Å². The second-order valence-electron chi connectivity index (χ2n) is 2.31. The van der Waals surface area contributed by atoms with Gasteiger partial charge in [-0.1, -0.05) is 0 Å². The zero-order valence-corrected chi connectivity index (χ0v) is 8.45. The molecule has 0 aromatic carbocycles. The van der Waals surface area contributed by atoms with Crippen LogP contribution in [0.4, 0.5) is 0 Å². The van der Waals surface area contributed by atoms with E-state index >= 15 is 0 Å². The van der Waals surface area contributed by atoms with Crippen LogP contribution in [0.3, 0.4) is 0 Å². The third-order valence-corrected chi connectivity index (χ3v) is 1.54. The third kappa shape index (κ3) is 7.48. The first-order valence-electron chi connectivity index (χ1n) is 4.10.